The van der Waals surface area contributed by atoms with Gasteiger partial charge in [-0.25, -0.2) is 0 Å². The van der Waals surface area contributed by atoms with Crippen molar-refractivity contribution in [2.75, 3.05) is 26.2 Å². The molecule has 0 aliphatic carbocycles. The average Bonchev–Trinajstić information content (AvgIpc) is 3.49. The van der Waals surface area contributed by atoms with Crippen LogP contribution < -0.4 is 27.5 Å². The predicted octanol–water partition coefficient (Wildman–Crippen LogP) is 0.961. The molecule has 1 amide bonds. The van der Waals surface area contributed by atoms with E-state index in [0.717, 1.165) is 62.4 Å². The van der Waals surface area contributed by atoms with Gasteiger partial charge in [-0.05, 0) is 53.6 Å². The lowest BCUT2D eigenvalue weighted by Crippen LogP contribution is -3.00. The van der Waals surface area contributed by atoms with Gasteiger partial charge in [0, 0.05) is 19.5 Å². The molecule has 3 aromatic rings. The van der Waals surface area contributed by atoms with Crippen LogP contribution in [-0.4, -0.2) is 37.0 Å². The van der Waals surface area contributed by atoms with Crippen LogP contribution in [0.1, 0.15) is 28.7 Å². The molecule has 0 spiro atoms. The number of hydrogen-bond donors (Lipinski definition) is 1. The molecule has 1 unspecified atom stereocenters. The van der Waals surface area contributed by atoms with Gasteiger partial charge >= 0.3 is 0 Å². The number of likely N-dealkylation sites (tertiary alicyclic amines) is 1. The smallest absolute Gasteiger partial charge is 0.232 e. The molecule has 1 saturated heterocycles. The second kappa shape index (κ2) is 10.1. The number of carbonyl (C=O) groups is 1. The average molecular weight is 506 g/mol. The van der Waals surface area contributed by atoms with Crippen molar-refractivity contribution in [3.63, 3.8) is 0 Å². The molecule has 1 atom stereocenters. The highest BCUT2D eigenvalue weighted by Gasteiger charge is 2.49. The van der Waals surface area contributed by atoms with Crippen molar-refractivity contribution in [1.29, 1.82) is 0 Å². The third kappa shape index (κ3) is 4.44. The van der Waals surface area contributed by atoms with E-state index in [1.807, 2.05) is 60.7 Å². The monoisotopic (exact) mass is 505 g/mol. The Labute approximate surface area is 206 Å². The number of primary amides is 1. The molecule has 5 rings (SSSR count). The first-order chi connectivity index (χ1) is 15.7. The Kier molecular flexibility index (Phi) is 7.20. The molecule has 1 fully saturated rings. The van der Waals surface area contributed by atoms with E-state index in [9.17, 15) is 4.79 Å². The van der Waals surface area contributed by atoms with Crippen LogP contribution in [0.25, 0.3) is 0 Å². The first kappa shape index (κ1) is 23.5. The summed E-state index contributed by atoms with van der Waals surface area (Å²) in [6, 6.07) is 26.7. The highest BCUT2D eigenvalue weighted by Crippen LogP contribution is 2.43. The lowest BCUT2D eigenvalue weighted by molar-refractivity contribution is -0.123. The van der Waals surface area contributed by atoms with Gasteiger partial charge < -0.3 is 32.4 Å². The summed E-state index contributed by atoms with van der Waals surface area (Å²) < 4.78 is 5.64. The number of nitrogens with zero attached hydrogens (tertiary/aromatic N) is 1. The van der Waals surface area contributed by atoms with E-state index in [1.54, 1.807) is 0 Å². The summed E-state index contributed by atoms with van der Waals surface area (Å²) in [4.78, 5) is 15.7. The molecule has 0 aromatic heterocycles. The molecule has 0 bridgehead atoms. The summed E-state index contributed by atoms with van der Waals surface area (Å²) in [6.45, 7) is 3.61. The Balaban J connectivity index is 0.00000259. The second-order valence-corrected chi connectivity index (χ2v) is 8.98. The van der Waals surface area contributed by atoms with Crippen molar-refractivity contribution in [3.8, 4) is 5.75 Å². The number of carbonyl (C=O) groups excluding carboxylic acids is 1. The van der Waals surface area contributed by atoms with Gasteiger partial charge in [0.1, 0.15) is 11.2 Å². The second-order valence-electron chi connectivity index (χ2n) is 8.98. The molecular weight excluding hydrogens is 476 g/mol. The molecule has 0 radical (unpaired) electrons. The van der Waals surface area contributed by atoms with Crippen molar-refractivity contribution in [1.82, 2.24) is 4.90 Å². The van der Waals surface area contributed by atoms with E-state index in [4.69, 9.17) is 10.5 Å². The van der Waals surface area contributed by atoms with Crippen LogP contribution in [0.15, 0.2) is 78.9 Å². The van der Waals surface area contributed by atoms with Crippen molar-refractivity contribution < 1.29 is 26.5 Å². The Hall–Kier alpha value is -2.63. The summed E-state index contributed by atoms with van der Waals surface area (Å²) in [6.07, 6.45) is 2.95. The van der Waals surface area contributed by atoms with E-state index in [0.29, 0.717) is 0 Å². The summed E-state index contributed by atoms with van der Waals surface area (Å²) in [5.41, 5.74) is 10.0. The van der Waals surface area contributed by atoms with E-state index in [1.165, 1.54) is 11.1 Å². The molecule has 172 valence electrons. The number of benzene rings is 3. The van der Waals surface area contributed by atoms with Crippen molar-refractivity contribution in [2.24, 2.45) is 11.7 Å². The van der Waals surface area contributed by atoms with Crippen LogP contribution in [0.2, 0.25) is 0 Å². The van der Waals surface area contributed by atoms with Gasteiger partial charge in [0.25, 0.3) is 0 Å². The highest BCUT2D eigenvalue weighted by molar-refractivity contribution is 5.91. The number of fused-ring (bicyclic) bond motifs is 1. The lowest BCUT2D eigenvalue weighted by Gasteiger charge is -2.37. The normalized spacial score (nSPS) is 17.8. The molecule has 0 saturated carbocycles. The van der Waals surface area contributed by atoms with E-state index in [2.05, 4.69) is 23.1 Å². The molecule has 3 aromatic carbocycles. The summed E-state index contributed by atoms with van der Waals surface area (Å²) in [5.74, 6) is 0.908. The molecule has 2 aliphatic rings. The summed E-state index contributed by atoms with van der Waals surface area (Å²) >= 11 is 0. The van der Waals surface area contributed by atoms with Crippen LogP contribution in [-0.2, 0) is 23.1 Å². The van der Waals surface area contributed by atoms with E-state index in [-0.39, 0.29) is 28.8 Å². The van der Waals surface area contributed by atoms with Gasteiger partial charge in [-0.3, -0.25) is 4.79 Å². The van der Waals surface area contributed by atoms with Crippen LogP contribution >= 0.6 is 0 Å². The number of hydrogen-bond acceptors (Lipinski definition) is 3. The summed E-state index contributed by atoms with van der Waals surface area (Å²) in [7, 11) is 0. The maximum Gasteiger partial charge on any atom is 0.232 e. The van der Waals surface area contributed by atoms with Gasteiger partial charge in [0.2, 0.25) is 5.91 Å². The van der Waals surface area contributed by atoms with Crippen molar-refractivity contribution in [2.45, 2.75) is 24.7 Å². The van der Waals surface area contributed by atoms with Crippen LogP contribution in [0, 0.1) is 5.92 Å². The zero-order valence-corrected chi connectivity index (χ0v) is 20.3. The van der Waals surface area contributed by atoms with Crippen molar-refractivity contribution in [3.05, 3.63) is 101 Å². The van der Waals surface area contributed by atoms with Crippen LogP contribution in [0.4, 0.5) is 0 Å². The van der Waals surface area contributed by atoms with Gasteiger partial charge in [-0.15, -0.1) is 0 Å². The molecule has 5 heteroatoms. The SMILES string of the molecule is NC(=O)C(c1ccccc1)(c1ccccc1)C1CCN(CCc2ccc3c(c2)CCO3)C1.[Br-]. The molecule has 2 aliphatic heterocycles. The fourth-order valence-electron chi connectivity index (χ4n) is 5.60. The number of ether oxygens (including phenoxy) is 1. The molecular formula is C28H30BrN2O2-. The predicted molar refractivity (Wildman–Crippen MR) is 127 cm³/mol. The Bertz CT molecular complexity index is 1050. The van der Waals surface area contributed by atoms with Crippen LogP contribution in [0.5, 0.6) is 5.75 Å². The fourth-order valence-corrected chi connectivity index (χ4v) is 5.60. The third-order valence-electron chi connectivity index (χ3n) is 7.20. The quantitative estimate of drug-likeness (QED) is 0.520. The minimum absolute atomic E-state index is 0. The standard InChI is InChI=1S/C28H30N2O2.BrH/c29-27(31)28(23-7-3-1-4-8-23,24-9-5-2-6-10-24)25-14-17-30(20-25)16-13-21-11-12-26-22(19-21)15-18-32-26;/h1-12,19,25H,13-18,20H2,(H2,29,31);1H/p-1. The number of rotatable bonds is 7. The van der Waals surface area contributed by atoms with Gasteiger partial charge in [0.15, 0.2) is 0 Å². The van der Waals surface area contributed by atoms with E-state index < -0.39 is 5.41 Å². The third-order valence-corrected chi connectivity index (χ3v) is 7.20. The lowest BCUT2D eigenvalue weighted by atomic mass is 9.64. The first-order valence-electron chi connectivity index (χ1n) is 11.6. The molecule has 33 heavy (non-hydrogen) atoms. The summed E-state index contributed by atoms with van der Waals surface area (Å²) in [5, 5.41) is 0. The number of amides is 1. The highest BCUT2D eigenvalue weighted by atomic mass is 79.9. The topological polar surface area (TPSA) is 55.6 Å². The molecule has 2 heterocycles. The maximum atomic E-state index is 13.2. The molecule has 2 N–H and O–H groups in total. The van der Waals surface area contributed by atoms with Gasteiger partial charge in [-0.2, -0.15) is 0 Å². The van der Waals surface area contributed by atoms with Crippen molar-refractivity contribution >= 4 is 5.91 Å². The fraction of sp³-hybridized carbons (Fsp3) is 0.321. The van der Waals surface area contributed by atoms with Crippen LogP contribution in [0.3, 0.4) is 0 Å². The maximum absolute atomic E-state index is 13.2. The van der Waals surface area contributed by atoms with E-state index >= 15 is 0 Å². The Morgan fingerprint density at radius 1 is 1.00 bits per heavy atom. The van der Waals surface area contributed by atoms with Gasteiger partial charge in [-0.1, -0.05) is 72.8 Å². The zero-order chi connectivity index (χ0) is 22.0. The Morgan fingerprint density at radius 2 is 1.67 bits per heavy atom. The minimum atomic E-state index is -0.817. The first-order valence-corrected chi connectivity index (χ1v) is 11.6. The largest absolute Gasteiger partial charge is 1.00 e. The number of halogens is 1. The minimum Gasteiger partial charge on any atom is -1.00 e. The number of nitrogens with two attached hydrogens (primary N) is 1. The molecule has 4 nitrogen and oxygen atoms in total. The van der Waals surface area contributed by atoms with Gasteiger partial charge in [0.05, 0.1) is 6.61 Å². The zero-order valence-electron chi connectivity index (χ0n) is 18.8. The Morgan fingerprint density at radius 3 is 2.30 bits per heavy atom.